The number of aromatic nitrogens is 1. The van der Waals surface area contributed by atoms with Gasteiger partial charge < -0.3 is 9.30 Å². The zero-order chi connectivity index (χ0) is 29.1. The topological polar surface area (TPSA) is 106 Å². The normalized spacial score (nSPS) is 12.5. The van der Waals surface area contributed by atoms with Crippen LogP contribution in [0.4, 0.5) is 5.69 Å². The lowest BCUT2D eigenvalue weighted by molar-refractivity contribution is 0.319. The predicted molar refractivity (Wildman–Crippen MR) is 161 cm³/mol. The van der Waals surface area contributed by atoms with Crippen LogP contribution in [-0.4, -0.2) is 39.3 Å². The minimum atomic E-state index is -3.96. The van der Waals surface area contributed by atoms with Gasteiger partial charge in [-0.25, -0.2) is 21.6 Å². The maximum Gasteiger partial charge on any atom is 0.243 e. The van der Waals surface area contributed by atoms with E-state index in [2.05, 4.69) is 32.2 Å². The fourth-order valence-electron chi connectivity index (χ4n) is 4.43. The number of fused-ring (bicyclic) bond motifs is 1. The van der Waals surface area contributed by atoms with Crippen molar-refractivity contribution in [1.82, 2.24) is 9.29 Å². The second-order valence-electron chi connectivity index (χ2n) is 10.6. The molecule has 0 aliphatic carbocycles. The molecule has 0 fully saturated rings. The van der Waals surface area contributed by atoms with E-state index >= 15 is 0 Å². The molecule has 2 N–H and O–H groups in total. The average molecular weight is 604 g/mol. The van der Waals surface area contributed by atoms with E-state index < -0.39 is 25.6 Å². The minimum Gasteiger partial charge on any atom is -0.493 e. The Balaban J connectivity index is 1.45. The molecule has 1 heterocycles. The summed E-state index contributed by atoms with van der Waals surface area (Å²) in [6.07, 6.45) is 2.83. The van der Waals surface area contributed by atoms with Gasteiger partial charge in [-0.1, -0.05) is 41.9 Å². The highest BCUT2D eigenvalue weighted by atomic mass is 35.5. The van der Waals surface area contributed by atoms with Crippen molar-refractivity contribution in [3.8, 4) is 5.75 Å². The number of rotatable bonds is 11. The number of sulfonamides is 2. The Morgan fingerprint density at radius 1 is 0.900 bits per heavy atom. The zero-order valence-electron chi connectivity index (χ0n) is 22.9. The Labute approximate surface area is 241 Å². The molecule has 0 bridgehead atoms. The van der Waals surface area contributed by atoms with E-state index in [1.165, 1.54) is 12.1 Å². The van der Waals surface area contributed by atoms with Crippen LogP contribution >= 0.6 is 11.6 Å². The Morgan fingerprint density at radius 3 is 2.40 bits per heavy atom. The van der Waals surface area contributed by atoms with Gasteiger partial charge in [0, 0.05) is 41.1 Å². The van der Waals surface area contributed by atoms with Gasteiger partial charge in [0.15, 0.2) is 0 Å². The summed E-state index contributed by atoms with van der Waals surface area (Å²) in [5.74, 6) is 0.232. The van der Waals surface area contributed by atoms with Crippen molar-refractivity contribution < 1.29 is 21.6 Å². The first-order valence-electron chi connectivity index (χ1n) is 12.8. The molecular formula is C29H34ClN3O5S2. The molecule has 0 aliphatic heterocycles. The molecule has 0 radical (unpaired) electrons. The SMILES string of the molecule is Cn1ccc2c(CCOc3cc(Cl)ccc3CCS(=O)(=O)Nc3ccccc3S(=O)(=O)NC(C)(C)C)cccc21. The summed E-state index contributed by atoms with van der Waals surface area (Å²) < 4.78 is 65.1. The Hall–Kier alpha value is -3.05. The fourth-order valence-corrected chi connectivity index (χ4v) is 7.34. The number of aryl methyl sites for hydroxylation is 2. The zero-order valence-corrected chi connectivity index (χ0v) is 25.3. The van der Waals surface area contributed by atoms with Gasteiger partial charge in [-0.3, -0.25) is 4.72 Å². The molecule has 4 aromatic rings. The molecular weight excluding hydrogens is 570 g/mol. The summed E-state index contributed by atoms with van der Waals surface area (Å²) in [6.45, 7) is 5.53. The number of ether oxygens (including phenoxy) is 1. The number of hydrogen-bond acceptors (Lipinski definition) is 5. The monoisotopic (exact) mass is 603 g/mol. The van der Waals surface area contributed by atoms with E-state index in [1.807, 2.05) is 19.3 Å². The maximum atomic E-state index is 13.0. The van der Waals surface area contributed by atoms with Crippen molar-refractivity contribution in [2.75, 3.05) is 17.1 Å². The lowest BCUT2D eigenvalue weighted by Crippen LogP contribution is -2.40. The van der Waals surface area contributed by atoms with Crippen molar-refractivity contribution in [2.24, 2.45) is 7.05 Å². The summed E-state index contributed by atoms with van der Waals surface area (Å²) in [4.78, 5) is -0.141. The van der Waals surface area contributed by atoms with Crippen LogP contribution in [0.5, 0.6) is 5.75 Å². The quantitative estimate of drug-likeness (QED) is 0.235. The minimum absolute atomic E-state index is 0.0121. The van der Waals surface area contributed by atoms with Gasteiger partial charge in [-0.2, -0.15) is 0 Å². The summed E-state index contributed by atoms with van der Waals surface area (Å²) in [6, 6.07) is 19.3. The van der Waals surface area contributed by atoms with E-state index in [0.717, 1.165) is 16.5 Å². The number of halogens is 1. The van der Waals surface area contributed by atoms with Crippen LogP contribution in [0.2, 0.25) is 5.02 Å². The third-order valence-corrected chi connectivity index (χ3v) is 9.52. The van der Waals surface area contributed by atoms with Crippen LogP contribution in [0.1, 0.15) is 31.9 Å². The molecule has 4 rings (SSSR count). The number of nitrogens with one attached hydrogen (secondary N) is 2. The van der Waals surface area contributed by atoms with Crippen molar-refractivity contribution in [2.45, 2.75) is 44.0 Å². The van der Waals surface area contributed by atoms with E-state index in [1.54, 1.807) is 51.1 Å². The van der Waals surface area contributed by atoms with Crippen LogP contribution in [0.15, 0.2) is 77.8 Å². The number of benzene rings is 3. The van der Waals surface area contributed by atoms with Gasteiger partial charge in [-0.15, -0.1) is 0 Å². The highest BCUT2D eigenvalue weighted by Crippen LogP contribution is 2.27. The largest absolute Gasteiger partial charge is 0.493 e. The van der Waals surface area contributed by atoms with E-state index in [-0.39, 0.29) is 22.8 Å². The van der Waals surface area contributed by atoms with Crippen LogP contribution in [0.25, 0.3) is 10.9 Å². The molecule has 8 nitrogen and oxygen atoms in total. The van der Waals surface area contributed by atoms with Crippen molar-refractivity contribution in [3.63, 3.8) is 0 Å². The van der Waals surface area contributed by atoms with E-state index in [4.69, 9.17) is 16.3 Å². The maximum absolute atomic E-state index is 13.0. The van der Waals surface area contributed by atoms with Gasteiger partial charge >= 0.3 is 0 Å². The van der Waals surface area contributed by atoms with Gasteiger partial charge in [0.25, 0.3) is 0 Å². The molecule has 40 heavy (non-hydrogen) atoms. The summed E-state index contributed by atoms with van der Waals surface area (Å²) >= 11 is 6.22. The molecule has 0 amide bonds. The Morgan fingerprint density at radius 2 is 1.65 bits per heavy atom. The van der Waals surface area contributed by atoms with Crippen molar-refractivity contribution in [3.05, 3.63) is 89.1 Å². The molecule has 0 saturated heterocycles. The molecule has 3 aromatic carbocycles. The number of nitrogens with zero attached hydrogens (tertiary/aromatic N) is 1. The summed E-state index contributed by atoms with van der Waals surface area (Å²) in [5.41, 5.74) is 2.24. The number of anilines is 1. The smallest absolute Gasteiger partial charge is 0.243 e. The summed E-state index contributed by atoms with van der Waals surface area (Å²) in [5, 5.41) is 1.65. The first-order chi connectivity index (χ1) is 18.7. The first-order valence-corrected chi connectivity index (χ1v) is 16.3. The first kappa shape index (κ1) is 29.9. The molecule has 0 atom stereocenters. The van der Waals surface area contributed by atoms with Gasteiger partial charge in [0.05, 0.1) is 18.0 Å². The van der Waals surface area contributed by atoms with Gasteiger partial charge in [-0.05, 0) is 74.7 Å². The number of hydrogen-bond donors (Lipinski definition) is 2. The van der Waals surface area contributed by atoms with Crippen LogP contribution in [0.3, 0.4) is 0 Å². The van der Waals surface area contributed by atoms with Crippen molar-refractivity contribution in [1.29, 1.82) is 0 Å². The van der Waals surface area contributed by atoms with Gasteiger partial charge in [0.1, 0.15) is 10.6 Å². The predicted octanol–water partition coefficient (Wildman–Crippen LogP) is 5.51. The highest BCUT2D eigenvalue weighted by molar-refractivity contribution is 7.93. The molecule has 214 valence electrons. The fraction of sp³-hybridized carbons (Fsp3) is 0.310. The standard InChI is InChI=1S/C29H34ClN3O5S2/c1-29(2,3)32-40(36,37)28-11-6-5-9-25(28)31-39(34,35)19-16-22-12-13-23(30)20-27(22)38-18-15-21-8-7-10-26-24(21)14-17-33(26)4/h5-14,17,20,31-32H,15-16,18-19H2,1-4H3. The molecule has 0 saturated carbocycles. The number of para-hydroxylation sites is 1. The molecule has 11 heteroatoms. The van der Waals surface area contributed by atoms with Crippen LogP contribution in [-0.2, 0) is 39.9 Å². The Bertz CT molecular complexity index is 1730. The third kappa shape index (κ3) is 7.57. The van der Waals surface area contributed by atoms with Crippen molar-refractivity contribution >= 4 is 48.2 Å². The molecule has 0 unspecified atom stereocenters. The Kier molecular flexibility index (Phi) is 8.84. The lowest BCUT2D eigenvalue weighted by Gasteiger charge is -2.21. The van der Waals surface area contributed by atoms with Gasteiger partial charge in [0.2, 0.25) is 20.0 Å². The van der Waals surface area contributed by atoms with E-state index in [0.29, 0.717) is 29.4 Å². The van der Waals surface area contributed by atoms with Crippen LogP contribution in [0, 0.1) is 0 Å². The third-order valence-electron chi connectivity index (χ3n) is 6.20. The second kappa shape index (κ2) is 11.8. The average Bonchev–Trinajstić information content (AvgIpc) is 3.23. The second-order valence-corrected chi connectivity index (χ2v) is 14.6. The van der Waals surface area contributed by atoms with Crippen LogP contribution < -0.4 is 14.2 Å². The summed E-state index contributed by atoms with van der Waals surface area (Å²) in [7, 11) is -5.86. The molecule has 0 aliphatic rings. The van der Waals surface area contributed by atoms with E-state index in [9.17, 15) is 16.8 Å². The highest BCUT2D eigenvalue weighted by Gasteiger charge is 2.26. The molecule has 0 spiro atoms. The molecule has 1 aromatic heterocycles. The lowest BCUT2D eigenvalue weighted by atomic mass is 10.1.